The highest BCUT2D eigenvalue weighted by atomic mass is 35.5. The summed E-state index contributed by atoms with van der Waals surface area (Å²) in [6, 6.07) is 1.42. The van der Waals surface area contributed by atoms with E-state index in [1.165, 1.54) is 6.07 Å². The van der Waals surface area contributed by atoms with Crippen LogP contribution in [-0.2, 0) is 0 Å². The maximum Gasteiger partial charge on any atom is 0.272 e. The summed E-state index contributed by atoms with van der Waals surface area (Å²) in [4.78, 5) is 10.1. The summed E-state index contributed by atoms with van der Waals surface area (Å²) in [5, 5.41) is 10.9. The molecule has 3 nitrogen and oxygen atoms in total. The minimum absolute atomic E-state index is 0.0133. The average Bonchev–Trinajstić information content (AvgIpc) is 2.07. The van der Waals surface area contributed by atoms with E-state index in [1.54, 1.807) is 13.8 Å². The van der Waals surface area contributed by atoms with Crippen LogP contribution >= 0.6 is 11.6 Å². The third-order valence-corrected chi connectivity index (χ3v) is 2.42. The summed E-state index contributed by atoms with van der Waals surface area (Å²) >= 11 is 5.81. The maximum absolute atomic E-state index is 10.5. The van der Waals surface area contributed by atoms with E-state index in [9.17, 15) is 10.1 Å². The van der Waals surface area contributed by atoms with Crippen molar-refractivity contribution >= 4 is 30.6 Å². The molecule has 0 aliphatic carbocycles. The van der Waals surface area contributed by atoms with Crippen molar-refractivity contribution < 1.29 is 4.92 Å². The standard InChI is InChI=1S/C8H7BClNO2/c1-4-3-6(11(12)13)5(2)7(9)8(4)10/h3H,1-2H3. The van der Waals surface area contributed by atoms with E-state index in [0.29, 0.717) is 16.1 Å². The lowest BCUT2D eigenvalue weighted by molar-refractivity contribution is -0.385. The molecule has 5 heteroatoms. The summed E-state index contributed by atoms with van der Waals surface area (Å²) < 4.78 is 0. The van der Waals surface area contributed by atoms with Gasteiger partial charge in [-0.2, -0.15) is 0 Å². The molecular weight excluding hydrogens is 188 g/mol. The van der Waals surface area contributed by atoms with Gasteiger partial charge in [0.2, 0.25) is 0 Å². The number of nitro benzene ring substituents is 1. The molecule has 66 valence electrons. The van der Waals surface area contributed by atoms with Crippen LogP contribution in [0.15, 0.2) is 6.07 Å². The van der Waals surface area contributed by atoms with Gasteiger partial charge in [-0.15, -0.1) is 0 Å². The lowest BCUT2D eigenvalue weighted by atomic mass is 9.88. The van der Waals surface area contributed by atoms with Crippen LogP contribution in [0.25, 0.3) is 0 Å². The van der Waals surface area contributed by atoms with Gasteiger partial charge in [-0.1, -0.05) is 17.1 Å². The quantitative estimate of drug-likeness (QED) is 0.388. The summed E-state index contributed by atoms with van der Waals surface area (Å²) in [7, 11) is 5.58. The normalized spacial score (nSPS) is 10.1. The Hall–Kier alpha value is -1.03. The molecule has 2 radical (unpaired) electrons. The van der Waals surface area contributed by atoms with Gasteiger partial charge in [0, 0.05) is 16.7 Å². The largest absolute Gasteiger partial charge is 0.272 e. The van der Waals surface area contributed by atoms with E-state index < -0.39 is 4.92 Å². The van der Waals surface area contributed by atoms with Crippen molar-refractivity contribution in [1.29, 1.82) is 0 Å². The van der Waals surface area contributed by atoms with Crippen molar-refractivity contribution in [2.75, 3.05) is 0 Å². The highest BCUT2D eigenvalue weighted by Gasteiger charge is 2.15. The number of nitrogens with zero attached hydrogens (tertiary/aromatic N) is 1. The van der Waals surface area contributed by atoms with Crippen LogP contribution in [0, 0.1) is 24.0 Å². The van der Waals surface area contributed by atoms with Crippen molar-refractivity contribution in [2.45, 2.75) is 13.8 Å². The molecule has 1 rings (SSSR count). The predicted octanol–water partition coefficient (Wildman–Crippen LogP) is 1.66. The van der Waals surface area contributed by atoms with Gasteiger partial charge in [-0.25, -0.2) is 0 Å². The van der Waals surface area contributed by atoms with Crippen LogP contribution < -0.4 is 5.46 Å². The van der Waals surface area contributed by atoms with Gasteiger partial charge in [0.15, 0.2) is 0 Å². The number of aryl methyl sites for hydroxylation is 1. The molecule has 0 aliphatic rings. The second kappa shape index (κ2) is 3.38. The van der Waals surface area contributed by atoms with Crippen LogP contribution in [0.5, 0.6) is 0 Å². The zero-order chi connectivity index (χ0) is 10.2. The Balaban J connectivity index is 3.50. The molecule has 0 atom stereocenters. The zero-order valence-corrected chi connectivity index (χ0v) is 8.05. The fourth-order valence-electron chi connectivity index (χ4n) is 1.08. The van der Waals surface area contributed by atoms with Crippen molar-refractivity contribution in [3.63, 3.8) is 0 Å². The Morgan fingerprint density at radius 3 is 2.54 bits per heavy atom. The monoisotopic (exact) mass is 195 g/mol. The van der Waals surface area contributed by atoms with Crippen molar-refractivity contribution in [2.24, 2.45) is 0 Å². The first-order valence-corrected chi connectivity index (χ1v) is 4.02. The number of rotatable bonds is 1. The fraction of sp³-hybridized carbons (Fsp3) is 0.250. The molecule has 0 unspecified atom stereocenters. The van der Waals surface area contributed by atoms with Crippen LogP contribution in [0.3, 0.4) is 0 Å². The number of nitro groups is 1. The predicted molar refractivity (Wildman–Crippen MR) is 53.0 cm³/mol. The maximum atomic E-state index is 10.5. The second-order valence-corrected chi connectivity index (χ2v) is 3.20. The first kappa shape index (κ1) is 10.1. The van der Waals surface area contributed by atoms with Gasteiger partial charge in [0.25, 0.3) is 5.69 Å². The van der Waals surface area contributed by atoms with E-state index >= 15 is 0 Å². The fourth-order valence-corrected chi connectivity index (χ4v) is 1.28. The average molecular weight is 195 g/mol. The van der Waals surface area contributed by atoms with Crippen LogP contribution in [-0.4, -0.2) is 12.8 Å². The van der Waals surface area contributed by atoms with E-state index in [2.05, 4.69) is 0 Å². The Labute approximate surface area is 82.3 Å². The van der Waals surface area contributed by atoms with Crippen molar-refractivity contribution in [1.82, 2.24) is 0 Å². The van der Waals surface area contributed by atoms with Crippen LogP contribution in [0.4, 0.5) is 5.69 Å². The SMILES string of the molecule is [B]c1c(C)c([N+](=O)[O-])cc(C)c1Cl. The van der Waals surface area contributed by atoms with Gasteiger partial charge in [0.1, 0.15) is 7.85 Å². The molecule has 0 spiro atoms. The van der Waals surface area contributed by atoms with Crippen LogP contribution in [0.2, 0.25) is 5.02 Å². The Morgan fingerprint density at radius 2 is 2.08 bits per heavy atom. The third kappa shape index (κ3) is 1.67. The molecule has 1 aromatic carbocycles. The summed E-state index contributed by atoms with van der Waals surface area (Å²) in [5.41, 5.74) is 1.34. The van der Waals surface area contributed by atoms with E-state index in [4.69, 9.17) is 19.4 Å². The summed E-state index contributed by atoms with van der Waals surface area (Å²) in [5.74, 6) is 0. The molecule has 0 N–H and O–H groups in total. The smallest absolute Gasteiger partial charge is 0.258 e. The molecule has 0 fully saturated rings. The first-order valence-electron chi connectivity index (χ1n) is 3.64. The Bertz CT molecular complexity index is 379. The third-order valence-electron chi connectivity index (χ3n) is 1.92. The van der Waals surface area contributed by atoms with Gasteiger partial charge in [-0.3, -0.25) is 10.1 Å². The van der Waals surface area contributed by atoms with Gasteiger partial charge < -0.3 is 0 Å². The van der Waals surface area contributed by atoms with E-state index in [1.807, 2.05) is 0 Å². The van der Waals surface area contributed by atoms with Crippen molar-refractivity contribution in [3.05, 3.63) is 32.3 Å². The van der Waals surface area contributed by atoms with E-state index in [0.717, 1.165) is 0 Å². The summed E-state index contributed by atoms with van der Waals surface area (Å²) in [6.07, 6.45) is 0. The molecule has 0 saturated heterocycles. The lowest BCUT2D eigenvalue weighted by Crippen LogP contribution is -2.12. The molecule has 1 aromatic rings. The minimum atomic E-state index is -0.463. The number of hydrogen-bond acceptors (Lipinski definition) is 2. The summed E-state index contributed by atoms with van der Waals surface area (Å²) in [6.45, 7) is 3.27. The van der Waals surface area contributed by atoms with Gasteiger partial charge in [0.05, 0.1) is 4.92 Å². The number of halogens is 1. The molecule has 0 aliphatic heterocycles. The number of hydrogen-bond donors (Lipinski definition) is 0. The number of benzene rings is 1. The van der Waals surface area contributed by atoms with E-state index in [-0.39, 0.29) is 11.2 Å². The topological polar surface area (TPSA) is 43.1 Å². The van der Waals surface area contributed by atoms with Gasteiger partial charge in [-0.05, 0) is 19.4 Å². The highest BCUT2D eigenvalue weighted by Crippen LogP contribution is 2.22. The van der Waals surface area contributed by atoms with Gasteiger partial charge >= 0.3 is 0 Å². The molecule has 0 heterocycles. The zero-order valence-electron chi connectivity index (χ0n) is 7.30. The molecule has 0 amide bonds. The molecule has 0 saturated carbocycles. The minimum Gasteiger partial charge on any atom is -0.258 e. The second-order valence-electron chi connectivity index (χ2n) is 2.82. The Morgan fingerprint density at radius 1 is 1.54 bits per heavy atom. The lowest BCUT2D eigenvalue weighted by Gasteiger charge is -2.06. The van der Waals surface area contributed by atoms with Crippen molar-refractivity contribution in [3.8, 4) is 0 Å². The highest BCUT2D eigenvalue weighted by molar-refractivity contribution is 6.46. The molecular formula is C8H7BClNO2. The van der Waals surface area contributed by atoms with Crippen LogP contribution in [0.1, 0.15) is 11.1 Å². The molecule has 13 heavy (non-hydrogen) atoms. The Kier molecular flexibility index (Phi) is 2.62. The molecule has 0 aromatic heterocycles. The molecule has 0 bridgehead atoms. The first-order chi connectivity index (χ1) is 5.95.